The van der Waals surface area contributed by atoms with Gasteiger partial charge in [0.1, 0.15) is 0 Å². The van der Waals surface area contributed by atoms with E-state index in [0.717, 1.165) is 17.2 Å². The summed E-state index contributed by atoms with van der Waals surface area (Å²) in [6.07, 6.45) is 6.53. The van der Waals surface area contributed by atoms with Crippen LogP contribution in [0.25, 0.3) is 6.08 Å². The molecule has 1 atom stereocenters. The molecule has 1 saturated carbocycles. The molecule has 1 heteroatoms. The van der Waals surface area contributed by atoms with Crippen LogP contribution in [-0.2, 0) is 0 Å². The lowest BCUT2D eigenvalue weighted by Gasteiger charge is -2.17. The second-order valence-corrected chi connectivity index (χ2v) is 4.03. The van der Waals surface area contributed by atoms with Gasteiger partial charge in [-0.05, 0) is 30.4 Å². The van der Waals surface area contributed by atoms with Crippen molar-refractivity contribution in [1.82, 2.24) is 0 Å². The third-order valence-electron chi connectivity index (χ3n) is 2.89. The van der Waals surface area contributed by atoms with Crippen LogP contribution in [0.4, 0.5) is 5.69 Å². The zero-order chi connectivity index (χ0) is 10.7. The van der Waals surface area contributed by atoms with E-state index in [4.69, 9.17) is 0 Å². The molecule has 1 N–H and O–H groups in total. The van der Waals surface area contributed by atoms with Gasteiger partial charge in [0.25, 0.3) is 0 Å². The van der Waals surface area contributed by atoms with Gasteiger partial charge in [-0.2, -0.15) is 0 Å². The number of anilines is 1. The van der Waals surface area contributed by atoms with Gasteiger partial charge in [-0.15, -0.1) is 6.58 Å². The van der Waals surface area contributed by atoms with Crippen LogP contribution < -0.4 is 5.32 Å². The van der Waals surface area contributed by atoms with Gasteiger partial charge in [0.15, 0.2) is 0 Å². The van der Waals surface area contributed by atoms with Gasteiger partial charge in [0.2, 0.25) is 0 Å². The first-order valence-corrected chi connectivity index (χ1v) is 5.45. The summed E-state index contributed by atoms with van der Waals surface area (Å²) in [5, 5.41) is 3.52. The molecule has 1 aliphatic carbocycles. The molecule has 1 nitrogen and oxygen atoms in total. The van der Waals surface area contributed by atoms with Crippen LogP contribution in [-0.4, -0.2) is 6.04 Å². The standard InChI is InChI=1S/C14H17N/c1-3-11-7-5-6-8-14(11)15-13(4-2)12-9-10-12/h3-8,12-13,15H,1-2,9-10H2. The van der Waals surface area contributed by atoms with E-state index >= 15 is 0 Å². The zero-order valence-electron chi connectivity index (χ0n) is 8.95. The van der Waals surface area contributed by atoms with Crippen molar-refractivity contribution in [2.24, 2.45) is 5.92 Å². The van der Waals surface area contributed by atoms with Crippen LogP contribution in [0.2, 0.25) is 0 Å². The van der Waals surface area contributed by atoms with Crippen molar-refractivity contribution in [3.05, 3.63) is 49.1 Å². The van der Waals surface area contributed by atoms with Crippen molar-refractivity contribution in [2.45, 2.75) is 18.9 Å². The topological polar surface area (TPSA) is 12.0 Å². The van der Waals surface area contributed by atoms with E-state index in [1.165, 1.54) is 12.8 Å². The van der Waals surface area contributed by atoms with Crippen molar-refractivity contribution < 1.29 is 0 Å². The highest BCUT2D eigenvalue weighted by molar-refractivity contribution is 5.66. The SMILES string of the molecule is C=Cc1ccccc1NC(C=C)C1CC1. The lowest BCUT2D eigenvalue weighted by molar-refractivity contribution is 0.757. The number of benzene rings is 1. The molecule has 0 saturated heterocycles. The first-order valence-electron chi connectivity index (χ1n) is 5.45. The van der Waals surface area contributed by atoms with Crippen LogP contribution in [0, 0.1) is 5.92 Å². The Bertz CT molecular complexity index is 363. The maximum atomic E-state index is 3.89. The molecule has 0 bridgehead atoms. The number of hydrogen-bond acceptors (Lipinski definition) is 1. The van der Waals surface area contributed by atoms with Crippen molar-refractivity contribution in [1.29, 1.82) is 0 Å². The van der Waals surface area contributed by atoms with Crippen LogP contribution in [0.5, 0.6) is 0 Å². The summed E-state index contributed by atoms with van der Waals surface area (Å²) in [4.78, 5) is 0. The smallest absolute Gasteiger partial charge is 0.0470 e. The van der Waals surface area contributed by atoms with Crippen molar-refractivity contribution in [2.75, 3.05) is 5.32 Å². The van der Waals surface area contributed by atoms with Crippen molar-refractivity contribution >= 4 is 11.8 Å². The Hall–Kier alpha value is -1.50. The summed E-state index contributed by atoms with van der Waals surface area (Å²) in [6, 6.07) is 8.65. The van der Waals surface area contributed by atoms with E-state index in [2.05, 4.69) is 30.6 Å². The fourth-order valence-electron chi connectivity index (χ4n) is 1.81. The Morgan fingerprint density at radius 2 is 2.00 bits per heavy atom. The predicted octanol–water partition coefficient (Wildman–Crippen LogP) is 3.71. The minimum Gasteiger partial charge on any atom is -0.378 e. The van der Waals surface area contributed by atoms with Crippen molar-refractivity contribution in [3.63, 3.8) is 0 Å². The summed E-state index contributed by atoms with van der Waals surface area (Å²) in [5.41, 5.74) is 2.31. The van der Waals surface area contributed by atoms with Crippen LogP contribution >= 0.6 is 0 Å². The second kappa shape index (κ2) is 4.35. The van der Waals surface area contributed by atoms with Gasteiger partial charge in [-0.25, -0.2) is 0 Å². The van der Waals surface area contributed by atoms with E-state index in [1.807, 2.05) is 24.3 Å². The molecule has 78 valence electrons. The normalized spacial score (nSPS) is 16.8. The Morgan fingerprint density at radius 3 is 2.60 bits per heavy atom. The van der Waals surface area contributed by atoms with Crippen molar-refractivity contribution in [3.8, 4) is 0 Å². The molecule has 0 radical (unpaired) electrons. The minimum absolute atomic E-state index is 0.408. The van der Waals surface area contributed by atoms with E-state index in [1.54, 1.807) is 0 Å². The fraction of sp³-hybridized carbons (Fsp3) is 0.286. The van der Waals surface area contributed by atoms with Gasteiger partial charge in [0, 0.05) is 11.7 Å². The second-order valence-electron chi connectivity index (χ2n) is 4.03. The number of nitrogens with one attached hydrogen (secondary N) is 1. The monoisotopic (exact) mass is 199 g/mol. The molecule has 1 aliphatic rings. The third kappa shape index (κ3) is 2.30. The zero-order valence-corrected chi connectivity index (χ0v) is 8.95. The van der Waals surface area contributed by atoms with Gasteiger partial charge in [-0.3, -0.25) is 0 Å². The Morgan fingerprint density at radius 1 is 1.27 bits per heavy atom. The van der Waals surface area contributed by atoms with Gasteiger partial charge in [0.05, 0.1) is 0 Å². The molecule has 1 fully saturated rings. The molecule has 1 aromatic rings. The lowest BCUT2D eigenvalue weighted by Crippen LogP contribution is -2.19. The predicted molar refractivity (Wildman–Crippen MR) is 66.9 cm³/mol. The van der Waals surface area contributed by atoms with Gasteiger partial charge < -0.3 is 5.32 Å². The molecule has 0 spiro atoms. The highest BCUT2D eigenvalue weighted by Gasteiger charge is 2.29. The molecule has 1 unspecified atom stereocenters. The first-order chi connectivity index (χ1) is 7.35. The molecule has 15 heavy (non-hydrogen) atoms. The van der Waals surface area contributed by atoms with E-state index in [-0.39, 0.29) is 0 Å². The molecule has 1 aromatic carbocycles. The molecule has 0 aromatic heterocycles. The quantitative estimate of drug-likeness (QED) is 0.713. The average molecular weight is 199 g/mol. The number of hydrogen-bond donors (Lipinski definition) is 1. The van der Waals surface area contributed by atoms with E-state index in [9.17, 15) is 0 Å². The van der Waals surface area contributed by atoms with Crippen LogP contribution in [0.3, 0.4) is 0 Å². The highest BCUT2D eigenvalue weighted by Crippen LogP contribution is 2.35. The summed E-state index contributed by atoms with van der Waals surface area (Å²) in [6.45, 7) is 7.70. The Labute approximate surface area is 91.5 Å². The van der Waals surface area contributed by atoms with E-state index in [0.29, 0.717) is 6.04 Å². The molecule has 0 amide bonds. The summed E-state index contributed by atoms with van der Waals surface area (Å²) >= 11 is 0. The molecule has 0 aliphatic heterocycles. The fourth-order valence-corrected chi connectivity index (χ4v) is 1.81. The number of para-hydroxylation sites is 1. The lowest BCUT2D eigenvalue weighted by atomic mass is 10.1. The Balaban J connectivity index is 2.14. The highest BCUT2D eigenvalue weighted by atomic mass is 14.9. The summed E-state index contributed by atoms with van der Waals surface area (Å²) < 4.78 is 0. The van der Waals surface area contributed by atoms with Crippen LogP contribution in [0.1, 0.15) is 18.4 Å². The third-order valence-corrected chi connectivity index (χ3v) is 2.89. The maximum absolute atomic E-state index is 3.89. The molecule has 0 heterocycles. The maximum Gasteiger partial charge on any atom is 0.0470 e. The first kappa shape index (κ1) is 10.0. The van der Waals surface area contributed by atoms with Gasteiger partial charge in [-0.1, -0.05) is 36.9 Å². The van der Waals surface area contributed by atoms with E-state index < -0.39 is 0 Å². The molecular formula is C14H17N. The Kier molecular flexibility index (Phi) is 2.91. The number of rotatable bonds is 5. The summed E-state index contributed by atoms with van der Waals surface area (Å²) in [5.74, 6) is 0.778. The van der Waals surface area contributed by atoms with Crippen LogP contribution in [0.15, 0.2) is 43.5 Å². The minimum atomic E-state index is 0.408. The average Bonchev–Trinajstić information content (AvgIpc) is 3.10. The molecule has 2 rings (SSSR count). The largest absolute Gasteiger partial charge is 0.378 e. The summed E-state index contributed by atoms with van der Waals surface area (Å²) in [7, 11) is 0. The van der Waals surface area contributed by atoms with Gasteiger partial charge >= 0.3 is 0 Å². The molecular weight excluding hydrogens is 182 g/mol.